The molecule has 6 heteroatoms. The Kier molecular flexibility index (Phi) is 4.64. The van der Waals surface area contributed by atoms with Crippen LogP contribution in [0.1, 0.15) is 39.3 Å². The fourth-order valence-corrected chi connectivity index (χ4v) is 3.10. The van der Waals surface area contributed by atoms with Crippen LogP contribution in [0.3, 0.4) is 0 Å². The second kappa shape index (κ2) is 6.86. The van der Waals surface area contributed by atoms with Gasteiger partial charge in [-0.1, -0.05) is 0 Å². The standard InChI is InChI=1S/C18H21N3O3/c1-12-16(10-19-20-12)18(23)21-9-3-4-14(11-21)17(22)13-5-7-15(24-2)8-6-13/h5-8,10,14H,3-4,9,11H2,1-2H3,(H,19,20)/t14-/m0/s1. The lowest BCUT2D eigenvalue weighted by Crippen LogP contribution is -2.42. The van der Waals surface area contributed by atoms with Crippen LogP contribution in [-0.4, -0.2) is 47.0 Å². The number of likely N-dealkylation sites (tertiary alicyclic amines) is 1. The number of methoxy groups -OCH3 is 1. The molecule has 1 aliphatic rings. The lowest BCUT2D eigenvalue weighted by Gasteiger charge is -2.32. The molecule has 1 fully saturated rings. The monoisotopic (exact) mass is 327 g/mol. The van der Waals surface area contributed by atoms with Gasteiger partial charge in [0.05, 0.1) is 18.9 Å². The minimum absolute atomic E-state index is 0.0616. The number of ether oxygens (including phenoxy) is 1. The highest BCUT2D eigenvalue weighted by Gasteiger charge is 2.30. The number of piperidine rings is 1. The first-order chi connectivity index (χ1) is 11.6. The number of carbonyl (C=O) groups excluding carboxylic acids is 2. The van der Waals surface area contributed by atoms with Gasteiger partial charge in [-0.05, 0) is 44.0 Å². The number of rotatable bonds is 4. The van der Waals surface area contributed by atoms with Gasteiger partial charge in [0.15, 0.2) is 5.78 Å². The highest BCUT2D eigenvalue weighted by atomic mass is 16.5. The molecule has 1 aliphatic heterocycles. The second-order valence-electron chi connectivity index (χ2n) is 6.09. The number of benzene rings is 1. The number of ketones is 1. The lowest BCUT2D eigenvalue weighted by molar-refractivity contribution is 0.0636. The maximum Gasteiger partial charge on any atom is 0.257 e. The summed E-state index contributed by atoms with van der Waals surface area (Å²) in [5.74, 6) is 0.582. The first kappa shape index (κ1) is 16.2. The SMILES string of the molecule is COc1ccc(C(=O)[C@H]2CCCN(C(=O)c3cn[nH]c3C)C2)cc1. The van der Waals surface area contributed by atoms with E-state index in [4.69, 9.17) is 4.74 Å². The number of carbonyl (C=O) groups is 2. The predicted octanol–water partition coefficient (Wildman–Crippen LogP) is 2.46. The Hall–Kier alpha value is -2.63. The Morgan fingerprint density at radius 2 is 2.04 bits per heavy atom. The number of Topliss-reactive ketones (excluding diaryl/α,β-unsaturated/α-hetero) is 1. The van der Waals surface area contributed by atoms with E-state index in [1.165, 1.54) is 0 Å². The molecule has 1 aromatic heterocycles. The summed E-state index contributed by atoms with van der Waals surface area (Å²) in [4.78, 5) is 27.1. The molecule has 0 aliphatic carbocycles. The molecule has 3 rings (SSSR count). The molecule has 24 heavy (non-hydrogen) atoms. The smallest absolute Gasteiger partial charge is 0.257 e. The van der Waals surface area contributed by atoms with Crippen LogP contribution in [0.25, 0.3) is 0 Å². The molecule has 1 aromatic carbocycles. The molecular formula is C18H21N3O3. The summed E-state index contributed by atoms with van der Waals surface area (Å²) in [6.07, 6.45) is 3.18. The molecule has 0 unspecified atom stereocenters. The van der Waals surface area contributed by atoms with Crippen LogP contribution < -0.4 is 4.74 Å². The predicted molar refractivity (Wildman–Crippen MR) is 89.3 cm³/mol. The maximum atomic E-state index is 12.7. The van der Waals surface area contributed by atoms with Gasteiger partial charge in [0.25, 0.3) is 5.91 Å². The van der Waals surface area contributed by atoms with Crippen LogP contribution in [0.5, 0.6) is 5.75 Å². The fourth-order valence-electron chi connectivity index (χ4n) is 3.10. The molecular weight excluding hydrogens is 306 g/mol. The summed E-state index contributed by atoms with van der Waals surface area (Å²) < 4.78 is 5.12. The van der Waals surface area contributed by atoms with E-state index in [1.807, 2.05) is 6.92 Å². The van der Waals surface area contributed by atoms with Gasteiger partial charge in [0, 0.05) is 30.3 Å². The zero-order valence-corrected chi connectivity index (χ0v) is 13.9. The summed E-state index contributed by atoms with van der Waals surface area (Å²) in [6, 6.07) is 7.13. The minimum Gasteiger partial charge on any atom is -0.497 e. The molecule has 2 heterocycles. The summed E-state index contributed by atoms with van der Waals surface area (Å²) >= 11 is 0. The summed E-state index contributed by atoms with van der Waals surface area (Å²) in [5.41, 5.74) is 1.99. The average Bonchev–Trinajstić information content (AvgIpc) is 3.06. The van der Waals surface area contributed by atoms with Gasteiger partial charge in [0.1, 0.15) is 5.75 Å². The molecule has 1 saturated heterocycles. The van der Waals surface area contributed by atoms with Crippen LogP contribution in [0, 0.1) is 12.8 Å². The highest BCUT2D eigenvalue weighted by molar-refractivity contribution is 5.99. The molecule has 1 N–H and O–H groups in total. The normalized spacial score (nSPS) is 17.6. The Balaban J connectivity index is 1.71. The maximum absolute atomic E-state index is 12.7. The van der Waals surface area contributed by atoms with Crippen LogP contribution in [0.4, 0.5) is 0 Å². The number of aryl methyl sites for hydroxylation is 1. The van der Waals surface area contributed by atoms with Crippen molar-refractivity contribution in [2.24, 2.45) is 5.92 Å². The fraction of sp³-hybridized carbons (Fsp3) is 0.389. The number of amides is 1. The van der Waals surface area contributed by atoms with Crippen molar-refractivity contribution < 1.29 is 14.3 Å². The Morgan fingerprint density at radius 1 is 1.29 bits per heavy atom. The third kappa shape index (κ3) is 3.18. The average molecular weight is 327 g/mol. The van der Waals surface area contributed by atoms with Gasteiger partial charge in [0.2, 0.25) is 0 Å². The zero-order chi connectivity index (χ0) is 17.1. The first-order valence-electron chi connectivity index (χ1n) is 8.07. The van der Waals surface area contributed by atoms with Gasteiger partial charge in [-0.3, -0.25) is 14.7 Å². The largest absolute Gasteiger partial charge is 0.497 e. The first-order valence-corrected chi connectivity index (χ1v) is 8.07. The van der Waals surface area contributed by atoms with Gasteiger partial charge in [-0.25, -0.2) is 0 Å². The van der Waals surface area contributed by atoms with Gasteiger partial charge < -0.3 is 9.64 Å². The van der Waals surface area contributed by atoms with E-state index in [1.54, 1.807) is 42.5 Å². The molecule has 0 radical (unpaired) electrons. The molecule has 0 spiro atoms. The van der Waals surface area contributed by atoms with Crippen molar-refractivity contribution in [1.29, 1.82) is 0 Å². The third-order valence-corrected chi connectivity index (χ3v) is 4.51. The number of hydrogen-bond acceptors (Lipinski definition) is 4. The van der Waals surface area contributed by atoms with E-state index in [0.29, 0.717) is 24.2 Å². The van der Waals surface area contributed by atoms with Crippen molar-refractivity contribution in [3.8, 4) is 5.75 Å². The van der Waals surface area contributed by atoms with Crippen LogP contribution >= 0.6 is 0 Å². The number of nitrogens with zero attached hydrogens (tertiary/aromatic N) is 2. The van der Waals surface area contributed by atoms with Crippen LogP contribution in [-0.2, 0) is 0 Å². The molecule has 2 aromatic rings. The molecule has 0 bridgehead atoms. The van der Waals surface area contributed by atoms with E-state index >= 15 is 0 Å². The van der Waals surface area contributed by atoms with Gasteiger partial charge in [-0.2, -0.15) is 5.10 Å². The van der Waals surface area contributed by atoms with E-state index in [2.05, 4.69) is 10.2 Å². The number of H-pyrrole nitrogens is 1. The molecule has 0 saturated carbocycles. The van der Waals surface area contributed by atoms with Crippen molar-refractivity contribution in [2.75, 3.05) is 20.2 Å². The van der Waals surface area contributed by atoms with Crippen LogP contribution in [0.2, 0.25) is 0 Å². The van der Waals surface area contributed by atoms with Crippen LogP contribution in [0.15, 0.2) is 30.5 Å². The van der Waals surface area contributed by atoms with Crippen molar-refractivity contribution in [3.63, 3.8) is 0 Å². The van der Waals surface area contributed by atoms with Crippen molar-refractivity contribution in [3.05, 3.63) is 47.3 Å². The summed E-state index contributed by atoms with van der Waals surface area (Å²) in [6.45, 7) is 2.95. The second-order valence-corrected chi connectivity index (χ2v) is 6.09. The van der Waals surface area contributed by atoms with Gasteiger partial charge >= 0.3 is 0 Å². The Bertz CT molecular complexity index is 736. The third-order valence-electron chi connectivity index (χ3n) is 4.51. The molecule has 1 amide bonds. The lowest BCUT2D eigenvalue weighted by atomic mass is 9.89. The summed E-state index contributed by atoms with van der Waals surface area (Å²) in [5, 5.41) is 6.69. The number of hydrogen-bond donors (Lipinski definition) is 1. The quantitative estimate of drug-likeness (QED) is 0.875. The van der Waals surface area contributed by atoms with E-state index < -0.39 is 0 Å². The zero-order valence-electron chi connectivity index (χ0n) is 13.9. The number of aromatic amines is 1. The van der Waals surface area contributed by atoms with E-state index in [-0.39, 0.29) is 17.6 Å². The topological polar surface area (TPSA) is 75.3 Å². The minimum atomic E-state index is -0.164. The Labute approximate surface area is 140 Å². The van der Waals surface area contributed by atoms with Crippen molar-refractivity contribution in [2.45, 2.75) is 19.8 Å². The number of nitrogens with one attached hydrogen (secondary N) is 1. The molecule has 1 atom stereocenters. The van der Waals surface area contributed by atoms with Crippen molar-refractivity contribution >= 4 is 11.7 Å². The summed E-state index contributed by atoms with van der Waals surface area (Å²) in [7, 11) is 1.60. The van der Waals surface area contributed by atoms with E-state index in [0.717, 1.165) is 24.3 Å². The Morgan fingerprint density at radius 3 is 2.67 bits per heavy atom. The van der Waals surface area contributed by atoms with Gasteiger partial charge in [-0.15, -0.1) is 0 Å². The molecule has 6 nitrogen and oxygen atoms in total. The molecule has 126 valence electrons. The highest BCUT2D eigenvalue weighted by Crippen LogP contribution is 2.23. The number of aromatic nitrogens is 2. The van der Waals surface area contributed by atoms with E-state index in [9.17, 15) is 9.59 Å². The van der Waals surface area contributed by atoms with Crippen molar-refractivity contribution in [1.82, 2.24) is 15.1 Å².